The molecule has 1 saturated carbocycles. The lowest BCUT2D eigenvalue weighted by atomic mass is 9.92. The largest absolute Gasteiger partial charge is 0.466 e. The first-order valence-corrected chi connectivity index (χ1v) is 7.42. The molecule has 2 rings (SSSR count). The molecule has 1 aliphatic carbocycles. The molecule has 20 heavy (non-hydrogen) atoms. The van der Waals surface area contributed by atoms with Crippen LogP contribution in [0.3, 0.4) is 0 Å². The van der Waals surface area contributed by atoms with Crippen LogP contribution in [0.15, 0.2) is 0 Å². The zero-order chi connectivity index (χ0) is 14.7. The summed E-state index contributed by atoms with van der Waals surface area (Å²) in [6, 6.07) is 0.0402. The van der Waals surface area contributed by atoms with Gasteiger partial charge >= 0.3 is 5.97 Å². The lowest BCUT2D eigenvalue weighted by Crippen LogP contribution is -2.29. The predicted octanol–water partition coefficient (Wildman–Crippen LogP) is 2.08. The summed E-state index contributed by atoms with van der Waals surface area (Å²) in [4.78, 5) is 11.7. The van der Waals surface area contributed by atoms with Crippen LogP contribution in [-0.4, -0.2) is 33.6 Å². The number of carbonyl (C=O) groups is 1. The van der Waals surface area contributed by atoms with Crippen LogP contribution in [0, 0.1) is 13.8 Å². The Bertz CT molecular complexity index is 482. The molecule has 1 heterocycles. The molecule has 0 saturated heterocycles. The maximum atomic E-state index is 11.7. The van der Waals surface area contributed by atoms with Gasteiger partial charge in [-0.25, -0.2) is 0 Å². The molecule has 1 aromatic heterocycles. The predicted molar refractivity (Wildman–Crippen MR) is 75.5 cm³/mol. The number of aromatic nitrogens is 2. The summed E-state index contributed by atoms with van der Waals surface area (Å²) in [7, 11) is 0. The van der Waals surface area contributed by atoms with Crippen molar-refractivity contribution in [2.45, 2.75) is 65.0 Å². The molecule has 1 N–H and O–H groups in total. The third kappa shape index (κ3) is 3.03. The van der Waals surface area contributed by atoms with Gasteiger partial charge in [0.1, 0.15) is 0 Å². The lowest BCUT2D eigenvalue weighted by molar-refractivity contribution is -0.142. The topological polar surface area (TPSA) is 64.3 Å². The van der Waals surface area contributed by atoms with Gasteiger partial charge in [0.25, 0.3) is 0 Å². The molecule has 2 atom stereocenters. The van der Waals surface area contributed by atoms with Gasteiger partial charge in [0, 0.05) is 11.3 Å². The Labute approximate surface area is 119 Å². The maximum Gasteiger partial charge on any atom is 0.310 e. The van der Waals surface area contributed by atoms with Crippen LogP contribution in [0.1, 0.15) is 55.6 Å². The first-order valence-electron chi connectivity index (χ1n) is 7.42. The molecule has 1 aromatic rings. The highest BCUT2D eigenvalue weighted by atomic mass is 16.5. The minimum absolute atomic E-state index is 0.0402. The highest BCUT2D eigenvalue weighted by molar-refractivity contribution is 5.73. The van der Waals surface area contributed by atoms with Gasteiger partial charge in [-0.05, 0) is 33.6 Å². The molecule has 0 amide bonds. The van der Waals surface area contributed by atoms with Gasteiger partial charge in [-0.3, -0.25) is 9.48 Å². The van der Waals surface area contributed by atoms with Crippen molar-refractivity contribution in [3.8, 4) is 0 Å². The van der Waals surface area contributed by atoms with E-state index in [9.17, 15) is 9.90 Å². The monoisotopic (exact) mass is 280 g/mol. The fourth-order valence-electron chi connectivity index (χ4n) is 3.01. The summed E-state index contributed by atoms with van der Waals surface area (Å²) in [5.41, 5.74) is 2.76. The maximum absolute atomic E-state index is 11.7. The van der Waals surface area contributed by atoms with Gasteiger partial charge in [-0.15, -0.1) is 0 Å². The van der Waals surface area contributed by atoms with Crippen LogP contribution in [0.4, 0.5) is 0 Å². The van der Waals surface area contributed by atoms with E-state index in [2.05, 4.69) is 5.10 Å². The van der Waals surface area contributed by atoms with E-state index in [1.807, 2.05) is 18.5 Å². The first-order chi connectivity index (χ1) is 9.54. The van der Waals surface area contributed by atoms with E-state index in [4.69, 9.17) is 4.74 Å². The highest BCUT2D eigenvalue weighted by Gasteiger charge is 2.28. The minimum Gasteiger partial charge on any atom is -0.466 e. The summed E-state index contributed by atoms with van der Waals surface area (Å²) in [6.07, 6.45) is 3.89. The Morgan fingerprint density at radius 2 is 2.10 bits per heavy atom. The van der Waals surface area contributed by atoms with E-state index >= 15 is 0 Å². The van der Waals surface area contributed by atoms with Gasteiger partial charge in [0.15, 0.2) is 0 Å². The van der Waals surface area contributed by atoms with Crippen LogP contribution in [0.25, 0.3) is 0 Å². The van der Waals surface area contributed by atoms with Crippen LogP contribution in [0.5, 0.6) is 0 Å². The van der Waals surface area contributed by atoms with Crippen molar-refractivity contribution >= 4 is 5.97 Å². The summed E-state index contributed by atoms with van der Waals surface area (Å²) < 4.78 is 6.92. The number of esters is 1. The molecule has 2 unspecified atom stereocenters. The SMILES string of the molecule is CCOC(=O)Cc1c(C)nn(C2CCCCC2O)c1C. The molecule has 0 bridgehead atoms. The van der Waals surface area contributed by atoms with E-state index < -0.39 is 0 Å². The number of aliphatic hydroxyl groups is 1. The van der Waals surface area contributed by atoms with Crippen molar-refractivity contribution in [3.63, 3.8) is 0 Å². The fraction of sp³-hybridized carbons (Fsp3) is 0.733. The molecule has 0 aromatic carbocycles. The standard InChI is InChI=1S/C15H24N2O3/c1-4-20-15(19)9-12-10(2)16-17(11(12)3)13-7-5-6-8-14(13)18/h13-14,18H,4-9H2,1-3H3. The number of hydrogen-bond acceptors (Lipinski definition) is 4. The van der Waals surface area contributed by atoms with Crippen LogP contribution < -0.4 is 0 Å². The molecule has 0 radical (unpaired) electrons. The molecule has 1 fully saturated rings. The quantitative estimate of drug-likeness (QED) is 0.858. The number of nitrogens with zero attached hydrogens (tertiary/aromatic N) is 2. The fourth-order valence-corrected chi connectivity index (χ4v) is 3.01. The number of hydrogen-bond donors (Lipinski definition) is 1. The molecular formula is C15H24N2O3. The van der Waals surface area contributed by atoms with Crippen molar-refractivity contribution in [1.82, 2.24) is 9.78 Å². The third-order valence-electron chi connectivity index (χ3n) is 4.11. The molecule has 112 valence electrons. The number of aliphatic hydroxyl groups excluding tert-OH is 1. The number of carbonyl (C=O) groups excluding carboxylic acids is 1. The average molecular weight is 280 g/mol. The summed E-state index contributed by atoms with van der Waals surface area (Å²) in [6.45, 7) is 6.08. The number of aryl methyl sites for hydroxylation is 1. The Kier molecular flexibility index (Phi) is 4.81. The van der Waals surface area contributed by atoms with E-state index in [0.717, 1.165) is 42.6 Å². The van der Waals surface area contributed by atoms with Crippen molar-refractivity contribution in [2.24, 2.45) is 0 Å². The first kappa shape index (κ1) is 15.0. The minimum atomic E-state index is -0.336. The van der Waals surface area contributed by atoms with E-state index in [1.165, 1.54) is 0 Å². The van der Waals surface area contributed by atoms with E-state index in [-0.39, 0.29) is 24.5 Å². The van der Waals surface area contributed by atoms with Gasteiger partial charge in [-0.1, -0.05) is 12.8 Å². The molecular weight excluding hydrogens is 256 g/mol. The Morgan fingerprint density at radius 3 is 2.75 bits per heavy atom. The third-order valence-corrected chi connectivity index (χ3v) is 4.11. The number of ether oxygens (including phenoxy) is 1. The normalized spacial score (nSPS) is 22.8. The number of rotatable bonds is 4. The molecule has 0 aliphatic heterocycles. The van der Waals surface area contributed by atoms with Gasteiger partial charge in [0.05, 0.1) is 30.9 Å². The lowest BCUT2D eigenvalue weighted by Gasteiger charge is -2.28. The molecule has 5 heteroatoms. The smallest absolute Gasteiger partial charge is 0.310 e. The van der Waals surface area contributed by atoms with Crippen molar-refractivity contribution < 1.29 is 14.6 Å². The van der Waals surface area contributed by atoms with Crippen molar-refractivity contribution in [1.29, 1.82) is 0 Å². The Morgan fingerprint density at radius 1 is 1.40 bits per heavy atom. The molecule has 1 aliphatic rings. The average Bonchev–Trinajstić information content (AvgIpc) is 2.68. The molecule has 5 nitrogen and oxygen atoms in total. The summed E-state index contributed by atoms with van der Waals surface area (Å²) >= 11 is 0. The second kappa shape index (κ2) is 6.39. The zero-order valence-corrected chi connectivity index (χ0v) is 12.6. The molecule has 0 spiro atoms. The Hall–Kier alpha value is -1.36. The highest BCUT2D eigenvalue weighted by Crippen LogP contribution is 2.30. The Balaban J connectivity index is 2.21. The van der Waals surface area contributed by atoms with Crippen LogP contribution >= 0.6 is 0 Å². The zero-order valence-electron chi connectivity index (χ0n) is 12.6. The van der Waals surface area contributed by atoms with Crippen molar-refractivity contribution in [2.75, 3.05) is 6.61 Å². The van der Waals surface area contributed by atoms with Gasteiger partial charge in [-0.2, -0.15) is 5.10 Å². The summed E-state index contributed by atoms with van der Waals surface area (Å²) in [5, 5.41) is 14.7. The van der Waals surface area contributed by atoms with E-state index in [1.54, 1.807) is 6.92 Å². The van der Waals surface area contributed by atoms with Gasteiger partial charge < -0.3 is 9.84 Å². The second-order valence-electron chi connectivity index (χ2n) is 5.49. The van der Waals surface area contributed by atoms with Crippen molar-refractivity contribution in [3.05, 3.63) is 17.0 Å². The van der Waals surface area contributed by atoms with Gasteiger partial charge in [0.2, 0.25) is 0 Å². The van der Waals surface area contributed by atoms with Crippen LogP contribution in [0.2, 0.25) is 0 Å². The summed E-state index contributed by atoms with van der Waals surface area (Å²) in [5.74, 6) is -0.220. The second-order valence-corrected chi connectivity index (χ2v) is 5.49. The van der Waals surface area contributed by atoms with E-state index in [0.29, 0.717) is 6.61 Å². The van der Waals surface area contributed by atoms with Crippen LogP contribution in [-0.2, 0) is 16.0 Å².